The molecule has 1 N–H and O–H groups in total. The van der Waals surface area contributed by atoms with Crippen molar-refractivity contribution in [3.63, 3.8) is 0 Å². The predicted octanol–water partition coefficient (Wildman–Crippen LogP) is 2.40. The number of nitrogens with one attached hydrogen (secondary N) is 1. The molecule has 0 bridgehead atoms. The van der Waals surface area contributed by atoms with Gasteiger partial charge in [-0.15, -0.1) is 0 Å². The molecule has 4 heteroatoms. The summed E-state index contributed by atoms with van der Waals surface area (Å²) < 4.78 is 5.41. The fourth-order valence-electron chi connectivity index (χ4n) is 3.28. The number of hydrogen-bond acceptors (Lipinski definition) is 3. The van der Waals surface area contributed by atoms with Crippen LogP contribution in [0.2, 0.25) is 0 Å². The van der Waals surface area contributed by atoms with E-state index in [9.17, 15) is 4.79 Å². The monoisotopic (exact) mass is 274 g/mol. The number of rotatable bonds is 2. The molecule has 0 aliphatic carbocycles. The highest BCUT2D eigenvalue weighted by molar-refractivity contribution is 5.68. The Morgan fingerprint density at radius 2 is 2.15 bits per heavy atom. The second-order valence-electron chi connectivity index (χ2n) is 5.99. The lowest BCUT2D eigenvalue weighted by Gasteiger charge is -2.33. The number of carbonyl (C=O) groups excluding carboxylic acids is 1. The van der Waals surface area contributed by atoms with Gasteiger partial charge in [0, 0.05) is 25.0 Å². The molecule has 1 atom stereocenters. The smallest absolute Gasteiger partial charge is 0.410 e. The molecule has 0 aromatic heterocycles. The molecule has 20 heavy (non-hydrogen) atoms. The molecule has 2 saturated heterocycles. The SMILES string of the molecule is O=C(OCc1ccccc1)N1CC[C@]2(CCCNC2)C1. The van der Waals surface area contributed by atoms with Crippen LogP contribution < -0.4 is 5.32 Å². The van der Waals surface area contributed by atoms with Gasteiger partial charge in [0.15, 0.2) is 0 Å². The number of piperidine rings is 1. The minimum atomic E-state index is -0.170. The molecule has 1 aromatic rings. The summed E-state index contributed by atoms with van der Waals surface area (Å²) in [5.74, 6) is 0. The zero-order valence-electron chi connectivity index (χ0n) is 11.8. The Morgan fingerprint density at radius 1 is 1.30 bits per heavy atom. The molecular formula is C16H22N2O2. The Balaban J connectivity index is 1.51. The fourth-order valence-corrected chi connectivity index (χ4v) is 3.28. The highest BCUT2D eigenvalue weighted by atomic mass is 16.6. The van der Waals surface area contributed by atoms with Gasteiger partial charge in [-0.3, -0.25) is 0 Å². The Kier molecular flexibility index (Phi) is 3.92. The van der Waals surface area contributed by atoms with Gasteiger partial charge in [-0.1, -0.05) is 30.3 Å². The van der Waals surface area contributed by atoms with E-state index in [0.29, 0.717) is 12.0 Å². The average molecular weight is 274 g/mol. The fraction of sp³-hybridized carbons (Fsp3) is 0.562. The lowest BCUT2D eigenvalue weighted by atomic mass is 9.80. The molecule has 1 spiro atoms. The van der Waals surface area contributed by atoms with Gasteiger partial charge >= 0.3 is 6.09 Å². The second kappa shape index (κ2) is 5.83. The number of amides is 1. The number of ether oxygens (including phenoxy) is 1. The van der Waals surface area contributed by atoms with Gasteiger partial charge in [0.05, 0.1) is 0 Å². The summed E-state index contributed by atoms with van der Waals surface area (Å²) in [5, 5.41) is 3.46. The zero-order valence-corrected chi connectivity index (χ0v) is 11.8. The number of benzene rings is 1. The van der Waals surface area contributed by atoms with E-state index in [1.807, 2.05) is 35.2 Å². The van der Waals surface area contributed by atoms with Gasteiger partial charge in [0.2, 0.25) is 0 Å². The molecule has 1 aromatic carbocycles. The van der Waals surface area contributed by atoms with Crippen LogP contribution in [0.3, 0.4) is 0 Å². The molecule has 2 heterocycles. The van der Waals surface area contributed by atoms with Crippen molar-refractivity contribution in [1.29, 1.82) is 0 Å². The lowest BCUT2D eigenvalue weighted by Crippen LogP contribution is -2.42. The lowest BCUT2D eigenvalue weighted by molar-refractivity contribution is 0.0973. The molecule has 2 aliphatic rings. The maximum Gasteiger partial charge on any atom is 0.410 e. The molecule has 108 valence electrons. The van der Waals surface area contributed by atoms with Crippen LogP contribution in [0.5, 0.6) is 0 Å². The van der Waals surface area contributed by atoms with Crippen molar-refractivity contribution in [2.45, 2.75) is 25.9 Å². The van der Waals surface area contributed by atoms with E-state index in [2.05, 4.69) is 5.32 Å². The van der Waals surface area contributed by atoms with Crippen LogP contribution in [0, 0.1) is 5.41 Å². The number of hydrogen-bond donors (Lipinski definition) is 1. The van der Waals surface area contributed by atoms with E-state index >= 15 is 0 Å². The quantitative estimate of drug-likeness (QED) is 0.900. The van der Waals surface area contributed by atoms with Crippen LogP contribution in [0.1, 0.15) is 24.8 Å². The zero-order chi connectivity index (χ0) is 13.8. The highest BCUT2D eigenvalue weighted by Crippen LogP contribution is 2.36. The van der Waals surface area contributed by atoms with Gasteiger partial charge in [0.1, 0.15) is 6.61 Å². The number of carbonyl (C=O) groups is 1. The van der Waals surface area contributed by atoms with Crippen molar-refractivity contribution in [1.82, 2.24) is 10.2 Å². The molecule has 0 radical (unpaired) electrons. The van der Waals surface area contributed by atoms with Crippen LogP contribution >= 0.6 is 0 Å². The van der Waals surface area contributed by atoms with Crippen LogP contribution in [0.15, 0.2) is 30.3 Å². The minimum absolute atomic E-state index is 0.170. The molecular weight excluding hydrogens is 252 g/mol. The second-order valence-corrected chi connectivity index (χ2v) is 5.99. The summed E-state index contributed by atoms with van der Waals surface area (Å²) in [5.41, 5.74) is 1.33. The molecule has 0 unspecified atom stereocenters. The minimum Gasteiger partial charge on any atom is -0.445 e. The Morgan fingerprint density at radius 3 is 2.90 bits per heavy atom. The first-order valence-electron chi connectivity index (χ1n) is 7.44. The van der Waals surface area contributed by atoms with Crippen molar-refractivity contribution >= 4 is 6.09 Å². The third kappa shape index (κ3) is 2.96. The maximum atomic E-state index is 12.1. The van der Waals surface area contributed by atoms with Gasteiger partial charge in [-0.05, 0) is 31.4 Å². The Bertz CT molecular complexity index is 455. The topological polar surface area (TPSA) is 41.6 Å². The van der Waals surface area contributed by atoms with E-state index in [1.54, 1.807) is 0 Å². The van der Waals surface area contributed by atoms with Crippen LogP contribution in [0.4, 0.5) is 4.79 Å². The molecule has 0 saturated carbocycles. The Hall–Kier alpha value is -1.55. The van der Waals surface area contributed by atoms with E-state index in [1.165, 1.54) is 12.8 Å². The third-order valence-electron chi connectivity index (χ3n) is 4.46. The van der Waals surface area contributed by atoms with Gasteiger partial charge in [-0.25, -0.2) is 4.79 Å². The van der Waals surface area contributed by atoms with E-state index in [-0.39, 0.29) is 6.09 Å². The first kappa shape index (κ1) is 13.4. The van der Waals surface area contributed by atoms with Gasteiger partial charge in [0.25, 0.3) is 0 Å². The van der Waals surface area contributed by atoms with Crippen molar-refractivity contribution in [2.24, 2.45) is 5.41 Å². The van der Waals surface area contributed by atoms with E-state index in [4.69, 9.17) is 4.74 Å². The summed E-state index contributed by atoms with van der Waals surface area (Å²) in [6.07, 6.45) is 3.37. The van der Waals surface area contributed by atoms with Crippen molar-refractivity contribution in [3.8, 4) is 0 Å². The first-order chi connectivity index (χ1) is 9.77. The van der Waals surface area contributed by atoms with Gasteiger partial charge in [-0.2, -0.15) is 0 Å². The van der Waals surface area contributed by atoms with Crippen LogP contribution in [-0.4, -0.2) is 37.2 Å². The van der Waals surface area contributed by atoms with E-state index < -0.39 is 0 Å². The summed E-state index contributed by atoms with van der Waals surface area (Å²) in [7, 11) is 0. The normalized spacial score (nSPS) is 25.9. The summed E-state index contributed by atoms with van der Waals surface area (Å²) in [4.78, 5) is 14.0. The van der Waals surface area contributed by atoms with Crippen molar-refractivity contribution in [3.05, 3.63) is 35.9 Å². The first-order valence-corrected chi connectivity index (χ1v) is 7.44. The molecule has 2 fully saturated rings. The van der Waals surface area contributed by atoms with Crippen molar-refractivity contribution < 1.29 is 9.53 Å². The van der Waals surface area contributed by atoms with Crippen LogP contribution in [0.25, 0.3) is 0 Å². The number of likely N-dealkylation sites (tertiary alicyclic amines) is 1. The van der Waals surface area contributed by atoms with Crippen molar-refractivity contribution in [2.75, 3.05) is 26.2 Å². The summed E-state index contributed by atoms with van der Waals surface area (Å²) in [6, 6.07) is 9.84. The average Bonchev–Trinajstić information content (AvgIpc) is 2.90. The number of nitrogens with zero attached hydrogens (tertiary/aromatic N) is 1. The predicted molar refractivity (Wildman–Crippen MR) is 77.4 cm³/mol. The van der Waals surface area contributed by atoms with Gasteiger partial charge < -0.3 is 15.0 Å². The molecule has 3 rings (SSSR count). The van der Waals surface area contributed by atoms with E-state index in [0.717, 1.165) is 38.2 Å². The largest absolute Gasteiger partial charge is 0.445 e. The van der Waals surface area contributed by atoms with Crippen LogP contribution in [-0.2, 0) is 11.3 Å². The standard InChI is InChI=1S/C16H22N2O2/c19-15(20-11-14-5-2-1-3-6-14)18-10-8-16(13-18)7-4-9-17-12-16/h1-3,5-6,17H,4,7-13H2/t16-/m0/s1. The maximum absolute atomic E-state index is 12.1. The molecule has 1 amide bonds. The molecule has 4 nitrogen and oxygen atoms in total. The summed E-state index contributed by atoms with van der Waals surface area (Å²) >= 11 is 0. The summed E-state index contributed by atoms with van der Waals surface area (Å²) in [6.45, 7) is 4.18. The highest BCUT2D eigenvalue weighted by Gasteiger charge is 2.41. The molecule has 2 aliphatic heterocycles. The Labute approximate surface area is 120 Å². The third-order valence-corrected chi connectivity index (χ3v) is 4.46.